The van der Waals surface area contributed by atoms with Gasteiger partial charge in [0.15, 0.2) is 0 Å². The quantitative estimate of drug-likeness (QED) is 0.651. The molecule has 1 saturated heterocycles. The minimum Gasteiger partial charge on any atom is -0.339 e. The lowest BCUT2D eigenvalue weighted by Crippen LogP contribution is -2.45. The van der Waals surface area contributed by atoms with Gasteiger partial charge in [-0.3, -0.25) is 9.59 Å². The van der Waals surface area contributed by atoms with Gasteiger partial charge in [0.05, 0.1) is 10.2 Å². The van der Waals surface area contributed by atoms with Crippen LogP contribution in [0.25, 0.3) is 10.2 Å². The van der Waals surface area contributed by atoms with Crippen LogP contribution < -0.4 is 0 Å². The van der Waals surface area contributed by atoms with Crippen LogP contribution in [0.5, 0.6) is 0 Å². The lowest BCUT2D eigenvalue weighted by atomic mass is 9.93. The third kappa shape index (κ3) is 3.25. The minimum absolute atomic E-state index is 0.0289. The van der Waals surface area contributed by atoms with E-state index in [9.17, 15) is 9.59 Å². The monoisotopic (exact) mass is 407 g/mol. The maximum absolute atomic E-state index is 13.1. The Hall–Kier alpha value is -2.60. The summed E-state index contributed by atoms with van der Waals surface area (Å²) in [6.07, 6.45) is 2.44. The van der Waals surface area contributed by atoms with E-state index in [-0.39, 0.29) is 17.7 Å². The van der Waals surface area contributed by atoms with Crippen LogP contribution in [0.4, 0.5) is 0 Å². The smallest absolute Gasteiger partial charge is 0.270 e. The zero-order valence-electron chi connectivity index (χ0n) is 16.6. The number of amides is 2. The second-order valence-corrected chi connectivity index (χ2v) is 9.05. The van der Waals surface area contributed by atoms with Crippen molar-refractivity contribution >= 4 is 33.4 Å². The van der Waals surface area contributed by atoms with E-state index in [1.165, 1.54) is 11.1 Å². The first-order chi connectivity index (χ1) is 14.1. The van der Waals surface area contributed by atoms with Crippen LogP contribution in [-0.2, 0) is 24.8 Å². The summed E-state index contributed by atoms with van der Waals surface area (Å²) in [5.41, 5.74) is 4.47. The van der Waals surface area contributed by atoms with E-state index < -0.39 is 0 Å². The molecule has 6 heteroatoms. The molecule has 2 aliphatic rings. The van der Waals surface area contributed by atoms with Gasteiger partial charge < -0.3 is 14.4 Å². The number of carbonyl (C=O) groups is 2. The van der Waals surface area contributed by atoms with Crippen molar-refractivity contribution < 1.29 is 9.59 Å². The van der Waals surface area contributed by atoms with Crippen LogP contribution in [0.2, 0.25) is 0 Å². The van der Waals surface area contributed by atoms with E-state index in [0.717, 1.165) is 41.7 Å². The van der Waals surface area contributed by atoms with Crippen LogP contribution in [0.15, 0.2) is 41.8 Å². The first-order valence-electron chi connectivity index (χ1n) is 10.3. The van der Waals surface area contributed by atoms with Gasteiger partial charge in [0.2, 0.25) is 5.91 Å². The summed E-state index contributed by atoms with van der Waals surface area (Å²) in [5, 5.41) is 2.05. The third-order valence-electron chi connectivity index (χ3n) is 6.46. The summed E-state index contributed by atoms with van der Waals surface area (Å²) in [5.74, 6) is 0.362. The Balaban J connectivity index is 1.22. The molecule has 5 rings (SSSR count). The fourth-order valence-corrected chi connectivity index (χ4v) is 5.54. The Morgan fingerprint density at radius 3 is 2.52 bits per heavy atom. The van der Waals surface area contributed by atoms with Crippen molar-refractivity contribution in [3.05, 3.63) is 58.6 Å². The molecule has 0 unspecified atom stereocenters. The molecule has 1 fully saturated rings. The van der Waals surface area contributed by atoms with Crippen molar-refractivity contribution in [2.45, 2.75) is 25.8 Å². The molecular formula is C23H25N3O2S. The van der Waals surface area contributed by atoms with E-state index in [1.54, 1.807) is 11.3 Å². The maximum Gasteiger partial charge on any atom is 0.270 e. The SMILES string of the molecule is Cn1c(C(=O)N2CCC(C(=O)N3CCc4ccccc4C3)CC2)cc2sccc21. The van der Waals surface area contributed by atoms with Gasteiger partial charge in [-0.05, 0) is 47.9 Å². The largest absolute Gasteiger partial charge is 0.339 e. The van der Waals surface area contributed by atoms with E-state index in [4.69, 9.17) is 0 Å². The van der Waals surface area contributed by atoms with Gasteiger partial charge in [-0.1, -0.05) is 24.3 Å². The summed E-state index contributed by atoms with van der Waals surface area (Å²) in [6.45, 7) is 2.82. The van der Waals surface area contributed by atoms with Crippen molar-refractivity contribution in [1.29, 1.82) is 0 Å². The van der Waals surface area contributed by atoms with Crippen LogP contribution in [0, 0.1) is 5.92 Å². The first kappa shape index (κ1) is 18.4. The standard InChI is InChI=1S/C23H25N3O2S/c1-24-19-9-13-29-21(19)14-20(24)23(28)25-10-7-17(8-11-25)22(27)26-12-6-16-4-2-3-5-18(16)15-26/h2-5,9,13-14,17H,6-8,10-12,15H2,1H3. The molecule has 3 aromatic rings. The molecule has 0 atom stereocenters. The number of hydrogen-bond donors (Lipinski definition) is 0. The van der Waals surface area contributed by atoms with Crippen LogP contribution in [-0.4, -0.2) is 45.8 Å². The molecule has 2 amide bonds. The molecular weight excluding hydrogens is 382 g/mol. The molecule has 1 aromatic carbocycles. The van der Waals surface area contributed by atoms with Gasteiger partial charge >= 0.3 is 0 Å². The normalized spacial score (nSPS) is 17.6. The Morgan fingerprint density at radius 2 is 1.76 bits per heavy atom. The highest BCUT2D eigenvalue weighted by Crippen LogP contribution is 2.28. The molecule has 0 bridgehead atoms. The van der Waals surface area contributed by atoms with Crippen LogP contribution >= 0.6 is 11.3 Å². The number of carbonyl (C=O) groups excluding carboxylic acids is 2. The molecule has 0 saturated carbocycles. The van der Waals surface area contributed by atoms with Gasteiger partial charge in [0.1, 0.15) is 5.69 Å². The number of hydrogen-bond acceptors (Lipinski definition) is 3. The second-order valence-electron chi connectivity index (χ2n) is 8.10. The summed E-state index contributed by atoms with van der Waals surface area (Å²) >= 11 is 1.66. The highest BCUT2D eigenvalue weighted by Gasteiger charge is 2.32. The predicted molar refractivity (Wildman–Crippen MR) is 115 cm³/mol. The molecule has 0 aliphatic carbocycles. The number of rotatable bonds is 2. The van der Waals surface area contributed by atoms with E-state index >= 15 is 0 Å². The number of piperidine rings is 1. The Morgan fingerprint density at radius 1 is 1.00 bits per heavy atom. The summed E-state index contributed by atoms with van der Waals surface area (Å²) in [7, 11) is 1.95. The number of aryl methyl sites for hydroxylation is 1. The molecule has 5 nitrogen and oxygen atoms in total. The molecule has 2 aromatic heterocycles. The van der Waals surface area contributed by atoms with Crippen LogP contribution in [0.1, 0.15) is 34.5 Å². The van der Waals surface area contributed by atoms with Gasteiger partial charge in [-0.25, -0.2) is 0 Å². The topological polar surface area (TPSA) is 45.6 Å². The van der Waals surface area contributed by atoms with Crippen molar-refractivity contribution in [3.63, 3.8) is 0 Å². The molecule has 0 spiro atoms. The molecule has 4 heterocycles. The van der Waals surface area contributed by atoms with Gasteiger partial charge in [-0.2, -0.15) is 0 Å². The number of likely N-dealkylation sites (tertiary alicyclic amines) is 1. The van der Waals surface area contributed by atoms with Gasteiger partial charge in [0, 0.05) is 39.1 Å². The highest BCUT2D eigenvalue weighted by molar-refractivity contribution is 7.17. The fraction of sp³-hybridized carbons (Fsp3) is 0.391. The number of nitrogens with zero attached hydrogens (tertiary/aromatic N) is 3. The summed E-state index contributed by atoms with van der Waals surface area (Å²) in [4.78, 5) is 30.0. The second kappa shape index (κ2) is 7.34. The number of fused-ring (bicyclic) bond motifs is 2. The highest BCUT2D eigenvalue weighted by atomic mass is 32.1. The van der Waals surface area contributed by atoms with Crippen molar-refractivity contribution in [3.8, 4) is 0 Å². The third-order valence-corrected chi connectivity index (χ3v) is 7.31. The van der Waals surface area contributed by atoms with Crippen molar-refractivity contribution in [2.75, 3.05) is 19.6 Å². The minimum atomic E-state index is 0.0289. The zero-order valence-corrected chi connectivity index (χ0v) is 17.5. The molecule has 2 aliphatic heterocycles. The lowest BCUT2D eigenvalue weighted by molar-refractivity contribution is -0.137. The lowest BCUT2D eigenvalue weighted by Gasteiger charge is -2.36. The zero-order chi connectivity index (χ0) is 20.0. The van der Waals surface area contributed by atoms with Gasteiger partial charge in [-0.15, -0.1) is 11.3 Å². The average molecular weight is 408 g/mol. The number of benzene rings is 1. The number of aromatic nitrogens is 1. The fourth-order valence-electron chi connectivity index (χ4n) is 4.69. The Labute approximate surface area is 174 Å². The summed E-state index contributed by atoms with van der Waals surface area (Å²) in [6, 6.07) is 12.4. The predicted octanol–water partition coefficient (Wildman–Crippen LogP) is 3.68. The maximum atomic E-state index is 13.1. The van der Waals surface area contributed by atoms with E-state index in [1.807, 2.05) is 33.5 Å². The van der Waals surface area contributed by atoms with Crippen LogP contribution in [0.3, 0.4) is 0 Å². The van der Waals surface area contributed by atoms with Gasteiger partial charge in [0.25, 0.3) is 5.91 Å². The van der Waals surface area contributed by atoms with Crippen molar-refractivity contribution in [2.24, 2.45) is 13.0 Å². The average Bonchev–Trinajstić information content (AvgIpc) is 3.35. The van der Waals surface area contributed by atoms with Crippen molar-refractivity contribution in [1.82, 2.24) is 14.4 Å². The van der Waals surface area contributed by atoms with E-state index in [0.29, 0.717) is 19.6 Å². The molecule has 0 radical (unpaired) electrons. The Bertz CT molecular complexity index is 1070. The number of thiophene rings is 1. The molecule has 0 N–H and O–H groups in total. The first-order valence-corrected chi connectivity index (χ1v) is 11.2. The Kier molecular flexibility index (Phi) is 4.66. The summed E-state index contributed by atoms with van der Waals surface area (Å²) < 4.78 is 3.13. The van der Waals surface area contributed by atoms with E-state index in [2.05, 4.69) is 29.6 Å². The molecule has 150 valence electrons. The molecule has 29 heavy (non-hydrogen) atoms.